The van der Waals surface area contributed by atoms with Crippen molar-refractivity contribution in [3.63, 3.8) is 0 Å². The molecule has 0 bridgehead atoms. The molecule has 0 saturated heterocycles. The molecule has 1 aromatic carbocycles. The molecule has 0 amide bonds. The summed E-state index contributed by atoms with van der Waals surface area (Å²) in [6.07, 6.45) is 4.17. The van der Waals surface area contributed by atoms with Gasteiger partial charge in [-0.2, -0.15) is 5.10 Å². The van der Waals surface area contributed by atoms with E-state index in [2.05, 4.69) is 49.4 Å². The van der Waals surface area contributed by atoms with Gasteiger partial charge < -0.3 is 5.73 Å². The third kappa shape index (κ3) is 3.44. The van der Waals surface area contributed by atoms with E-state index >= 15 is 0 Å². The van der Waals surface area contributed by atoms with Crippen molar-refractivity contribution in [2.45, 2.75) is 46.2 Å². The van der Waals surface area contributed by atoms with Crippen molar-refractivity contribution in [3.05, 3.63) is 41.7 Å². The molecule has 2 aromatic rings. The fraction of sp³-hybridized carbons (Fsp3) is 0.438. The molecule has 1 heterocycles. The SMILES string of the molecule is CCCn1cc(-c2ccc(CC(C)N)cc2)c(C)n1. The molecule has 19 heavy (non-hydrogen) atoms. The molecule has 2 N–H and O–H groups in total. The van der Waals surface area contributed by atoms with E-state index in [0.29, 0.717) is 0 Å². The van der Waals surface area contributed by atoms with Crippen molar-refractivity contribution in [1.29, 1.82) is 0 Å². The highest BCUT2D eigenvalue weighted by Gasteiger charge is 2.07. The lowest BCUT2D eigenvalue weighted by atomic mass is 10.0. The third-order valence-electron chi connectivity index (χ3n) is 3.22. The quantitative estimate of drug-likeness (QED) is 0.894. The van der Waals surface area contributed by atoms with Crippen LogP contribution in [-0.4, -0.2) is 15.8 Å². The van der Waals surface area contributed by atoms with Crippen LogP contribution in [0.15, 0.2) is 30.5 Å². The summed E-state index contributed by atoms with van der Waals surface area (Å²) in [6, 6.07) is 8.86. The van der Waals surface area contributed by atoms with Crippen LogP contribution in [0.1, 0.15) is 31.5 Å². The zero-order valence-corrected chi connectivity index (χ0v) is 12.1. The molecular weight excluding hydrogens is 234 g/mol. The van der Waals surface area contributed by atoms with Gasteiger partial charge in [0.15, 0.2) is 0 Å². The molecule has 3 nitrogen and oxygen atoms in total. The Labute approximate surface area is 115 Å². The fourth-order valence-corrected chi connectivity index (χ4v) is 2.34. The van der Waals surface area contributed by atoms with Crippen LogP contribution >= 0.6 is 0 Å². The molecule has 0 fully saturated rings. The highest BCUT2D eigenvalue weighted by Crippen LogP contribution is 2.23. The first-order valence-electron chi connectivity index (χ1n) is 6.99. The number of nitrogens with two attached hydrogens (primary N) is 1. The lowest BCUT2D eigenvalue weighted by Crippen LogP contribution is -2.17. The lowest BCUT2D eigenvalue weighted by molar-refractivity contribution is 0.598. The second-order valence-electron chi connectivity index (χ2n) is 5.27. The van der Waals surface area contributed by atoms with E-state index in [-0.39, 0.29) is 6.04 Å². The molecule has 3 heteroatoms. The van der Waals surface area contributed by atoms with Crippen LogP contribution in [0.25, 0.3) is 11.1 Å². The van der Waals surface area contributed by atoms with E-state index in [9.17, 15) is 0 Å². The van der Waals surface area contributed by atoms with E-state index in [1.807, 2.05) is 11.6 Å². The van der Waals surface area contributed by atoms with E-state index in [4.69, 9.17) is 5.73 Å². The Morgan fingerprint density at radius 1 is 1.26 bits per heavy atom. The second-order valence-corrected chi connectivity index (χ2v) is 5.27. The van der Waals surface area contributed by atoms with Gasteiger partial charge >= 0.3 is 0 Å². The lowest BCUT2D eigenvalue weighted by Gasteiger charge is -2.06. The summed E-state index contributed by atoms with van der Waals surface area (Å²) in [5.74, 6) is 0. The molecule has 1 unspecified atom stereocenters. The summed E-state index contributed by atoms with van der Waals surface area (Å²) in [7, 11) is 0. The molecule has 1 aromatic heterocycles. The predicted molar refractivity (Wildman–Crippen MR) is 80.0 cm³/mol. The summed E-state index contributed by atoms with van der Waals surface area (Å²) in [5.41, 5.74) is 10.7. The molecule has 0 aliphatic heterocycles. The Balaban J connectivity index is 2.21. The van der Waals surface area contributed by atoms with Gasteiger partial charge in [-0.3, -0.25) is 4.68 Å². The normalized spacial score (nSPS) is 12.6. The minimum atomic E-state index is 0.208. The van der Waals surface area contributed by atoms with Crippen LogP contribution in [0.5, 0.6) is 0 Å². The molecule has 1 atom stereocenters. The Kier molecular flexibility index (Phi) is 4.38. The largest absolute Gasteiger partial charge is 0.328 e. The highest BCUT2D eigenvalue weighted by atomic mass is 15.3. The average molecular weight is 257 g/mol. The Morgan fingerprint density at radius 2 is 1.95 bits per heavy atom. The van der Waals surface area contributed by atoms with Gasteiger partial charge in [-0.1, -0.05) is 31.2 Å². The van der Waals surface area contributed by atoms with Gasteiger partial charge in [-0.25, -0.2) is 0 Å². The summed E-state index contributed by atoms with van der Waals surface area (Å²) in [4.78, 5) is 0. The van der Waals surface area contributed by atoms with Gasteiger partial charge in [-0.15, -0.1) is 0 Å². The van der Waals surface area contributed by atoms with Crippen LogP contribution in [0.4, 0.5) is 0 Å². The molecule has 0 aliphatic carbocycles. The first-order valence-corrected chi connectivity index (χ1v) is 6.99. The summed E-state index contributed by atoms with van der Waals surface area (Å²) < 4.78 is 2.03. The first kappa shape index (κ1) is 13.8. The molecule has 0 spiro atoms. The third-order valence-corrected chi connectivity index (χ3v) is 3.22. The highest BCUT2D eigenvalue weighted by molar-refractivity contribution is 5.65. The maximum absolute atomic E-state index is 5.82. The van der Waals surface area contributed by atoms with E-state index < -0.39 is 0 Å². The van der Waals surface area contributed by atoms with E-state index in [1.165, 1.54) is 16.7 Å². The number of hydrogen-bond donors (Lipinski definition) is 1. The van der Waals surface area contributed by atoms with Crippen LogP contribution < -0.4 is 5.73 Å². The summed E-state index contributed by atoms with van der Waals surface area (Å²) >= 11 is 0. The standard InChI is InChI=1S/C16H23N3/c1-4-9-19-11-16(13(3)18-19)15-7-5-14(6-8-15)10-12(2)17/h5-8,11-12H,4,9-10,17H2,1-3H3. The van der Waals surface area contributed by atoms with Crippen LogP contribution in [0.3, 0.4) is 0 Å². The summed E-state index contributed by atoms with van der Waals surface area (Å²) in [6.45, 7) is 7.24. The topological polar surface area (TPSA) is 43.8 Å². The minimum Gasteiger partial charge on any atom is -0.328 e. The van der Waals surface area contributed by atoms with Crippen molar-refractivity contribution in [2.75, 3.05) is 0 Å². The monoisotopic (exact) mass is 257 g/mol. The number of rotatable bonds is 5. The smallest absolute Gasteiger partial charge is 0.0672 e. The molecule has 2 rings (SSSR count). The minimum absolute atomic E-state index is 0.208. The van der Waals surface area contributed by atoms with Gasteiger partial charge in [0, 0.05) is 24.3 Å². The number of aryl methyl sites for hydroxylation is 2. The second kappa shape index (κ2) is 6.02. The van der Waals surface area contributed by atoms with Gasteiger partial charge in [0.1, 0.15) is 0 Å². The average Bonchev–Trinajstić information content (AvgIpc) is 2.71. The Morgan fingerprint density at radius 3 is 2.53 bits per heavy atom. The van der Waals surface area contributed by atoms with Crippen molar-refractivity contribution < 1.29 is 0 Å². The predicted octanol–water partition coefficient (Wildman–Crippen LogP) is 3.16. The maximum atomic E-state index is 5.82. The maximum Gasteiger partial charge on any atom is 0.0672 e. The molecule has 0 saturated carbocycles. The molecule has 102 valence electrons. The molecule has 0 aliphatic rings. The number of hydrogen-bond acceptors (Lipinski definition) is 2. The van der Waals surface area contributed by atoms with Gasteiger partial charge in [0.05, 0.1) is 5.69 Å². The number of benzene rings is 1. The van der Waals surface area contributed by atoms with Gasteiger partial charge in [0.25, 0.3) is 0 Å². The van der Waals surface area contributed by atoms with Crippen molar-refractivity contribution in [1.82, 2.24) is 9.78 Å². The molecular formula is C16H23N3. The zero-order valence-electron chi connectivity index (χ0n) is 12.1. The fourth-order valence-electron chi connectivity index (χ4n) is 2.34. The van der Waals surface area contributed by atoms with Gasteiger partial charge in [0.2, 0.25) is 0 Å². The van der Waals surface area contributed by atoms with Crippen LogP contribution in [0.2, 0.25) is 0 Å². The Bertz CT molecular complexity index is 523. The van der Waals surface area contributed by atoms with Crippen molar-refractivity contribution in [3.8, 4) is 11.1 Å². The summed E-state index contributed by atoms with van der Waals surface area (Å²) in [5, 5.41) is 4.54. The number of aromatic nitrogens is 2. The first-order chi connectivity index (χ1) is 9.10. The van der Waals surface area contributed by atoms with E-state index in [0.717, 1.165) is 25.1 Å². The van der Waals surface area contributed by atoms with Crippen molar-refractivity contribution in [2.24, 2.45) is 5.73 Å². The molecule has 0 radical (unpaired) electrons. The van der Waals surface area contributed by atoms with E-state index in [1.54, 1.807) is 0 Å². The van der Waals surface area contributed by atoms with Gasteiger partial charge in [-0.05, 0) is 37.8 Å². The zero-order chi connectivity index (χ0) is 13.8. The Hall–Kier alpha value is -1.61. The van der Waals surface area contributed by atoms with Crippen LogP contribution in [0, 0.1) is 6.92 Å². The van der Waals surface area contributed by atoms with Crippen LogP contribution in [-0.2, 0) is 13.0 Å². The van der Waals surface area contributed by atoms with Crippen molar-refractivity contribution >= 4 is 0 Å². The number of nitrogens with zero attached hydrogens (tertiary/aromatic N) is 2.